The molecule has 2 amide bonds. The molecule has 6 nitrogen and oxygen atoms in total. The number of rotatable bonds is 6. The molecule has 31 heavy (non-hydrogen) atoms. The van der Waals surface area contributed by atoms with E-state index in [1.54, 1.807) is 22.4 Å². The smallest absolute Gasteiger partial charge is 0.274 e. The Morgan fingerprint density at radius 3 is 2.74 bits per heavy atom. The highest BCUT2D eigenvalue weighted by molar-refractivity contribution is 7.13. The van der Waals surface area contributed by atoms with Crippen LogP contribution in [0.5, 0.6) is 0 Å². The molecular formula is C24H26N4O2S. The van der Waals surface area contributed by atoms with Gasteiger partial charge in [0, 0.05) is 37.1 Å². The van der Waals surface area contributed by atoms with Crippen LogP contribution in [0.4, 0.5) is 0 Å². The van der Waals surface area contributed by atoms with E-state index in [-0.39, 0.29) is 17.5 Å². The van der Waals surface area contributed by atoms with E-state index in [0.29, 0.717) is 26.1 Å². The van der Waals surface area contributed by atoms with Crippen molar-refractivity contribution in [1.29, 1.82) is 0 Å². The number of aromatic nitrogens is 2. The van der Waals surface area contributed by atoms with Crippen molar-refractivity contribution in [3.8, 4) is 10.4 Å². The van der Waals surface area contributed by atoms with Crippen LogP contribution in [0.2, 0.25) is 0 Å². The van der Waals surface area contributed by atoms with Crippen LogP contribution >= 0.6 is 11.3 Å². The Balaban J connectivity index is 1.62. The molecule has 0 aliphatic carbocycles. The summed E-state index contributed by atoms with van der Waals surface area (Å²) in [6.07, 6.45) is 4.45. The summed E-state index contributed by atoms with van der Waals surface area (Å²) >= 11 is 1.69. The highest BCUT2D eigenvalue weighted by Gasteiger charge is 2.38. The van der Waals surface area contributed by atoms with Crippen molar-refractivity contribution >= 4 is 23.2 Å². The summed E-state index contributed by atoms with van der Waals surface area (Å²) in [6.45, 7) is 5.64. The third kappa shape index (κ3) is 4.66. The lowest BCUT2D eigenvalue weighted by atomic mass is 9.98. The maximum atomic E-state index is 13.3. The zero-order valence-corrected chi connectivity index (χ0v) is 18.6. The average Bonchev–Trinajstić information content (AvgIpc) is 3.32. The van der Waals surface area contributed by atoms with Gasteiger partial charge in [-0.25, -0.2) is 4.98 Å². The van der Waals surface area contributed by atoms with Crippen LogP contribution in [0.15, 0.2) is 54.2 Å². The van der Waals surface area contributed by atoms with Crippen LogP contribution in [-0.2, 0) is 11.2 Å². The van der Waals surface area contributed by atoms with Gasteiger partial charge < -0.3 is 9.80 Å². The number of benzene rings is 1. The Hall–Kier alpha value is -3.06. The molecule has 1 saturated heterocycles. The summed E-state index contributed by atoms with van der Waals surface area (Å²) in [5, 5.41) is 2.05. The number of nitrogens with zero attached hydrogens (tertiary/aromatic N) is 4. The van der Waals surface area contributed by atoms with E-state index in [9.17, 15) is 9.59 Å². The lowest BCUT2D eigenvalue weighted by Gasteiger charge is -2.40. The van der Waals surface area contributed by atoms with Gasteiger partial charge in [0.25, 0.3) is 5.91 Å². The lowest BCUT2D eigenvalue weighted by Crippen LogP contribution is -2.59. The Labute approximate surface area is 186 Å². The fraction of sp³-hybridized carbons (Fsp3) is 0.333. The number of hydrogen-bond donors (Lipinski definition) is 0. The Morgan fingerprint density at radius 1 is 1.16 bits per heavy atom. The van der Waals surface area contributed by atoms with E-state index >= 15 is 0 Å². The maximum Gasteiger partial charge on any atom is 0.274 e. The molecule has 1 atom stereocenters. The second-order valence-corrected chi connectivity index (χ2v) is 8.71. The molecule has 3 heterocycles. The summed E-state index contributed by atoms with van der Waals surface area (Å²) in [6, 6.07) is 11.8. The number of carbonyl (C=O) groups excluding carboxylic acids is 2. The Kier molecular flexibility index (Phi) is 6.42. The van der Waals surface area contributed by atoms with E-state index in [0.717, 1.165) is 23.2 Å². The van der Waals surface area contributed by atoms with Crippen molar-refractivity contribution in [3.63, 3.8) is 0 Å². The fourth-order valence-electron chi connectivity index (χ4n) is 3.94. The predicted molar refractivity (Wildman–Crippen MR) is 122 cm³/mol. The molecule has 0 radical (unpaired) electrons. The Morgan fingerprint density at radius 2 is 2.03 bits per heavy atom. The number of amides is 2. The number of piperazine rings is 1. The summed E-state index contributed by atoms with van der Waals surface area (Å²) in [5.41, 5.74) is 3.20. The molecule has 1 fully saturated rings. The van der Waals surface area contributed by atoms with Gasteiger partial charge in [-0.05, 0) is 35.9 Å². The molecule has 7 heteroatoms. The first-order valence-corrected chi connectivity index (χ1v) is 11.5. The minimum atomic E-state index is -0.547. The van der Waals surface area contributed by atoms with Gasteiger partial charge in [0.15, 0.2) is 0 Å². The molecule has 2 aromatic heterocycles. The molecule has 0 unspecified atom stereocenters. The molecule has 0 saturated carbocycles. The average molecular weight is 435 g/mol. The second-order valence-electron chi connectivity index (χ2n) is 7.76. The van der Waals surface area contributed by atoms with Gasteiger partial charge in [-0.15, -0.1) is 11.3 Å². The topological polar surface area (TPSA) is 66.4 Å². The first-order valence-electron chi connectivity index (χ1n) is 10.6. The minimum absolute atomic E-state index is 0.00282. The molecule has 3 aromatic rings. The molecule has 1 aliphatic rings. The largest absolute Gasteiger partial charge is 0.339 e. The monoisotopic (exact) mass is 434 g/mol. The van der Waals surface area contributed by atoms with Gasteiger partial charge in [0.1, 0.15) is 11.7 Å². The van der Waals surface area contributed by atoms with Crippen LogP contribution in [0.3, 0.4) is 0 Å². The molecule has 4 rings (SSSR count). The van der Waals surface area contributed by atoms with Gasteiger partial charge in [-0.1, -0.05) is 37.3 Å². The number of aryl methyl sites for hydroxylation is 1. The van der Waals surface area contributed by atoms with Crippen molar-refractivity contribution in [2.45, 2.75) is 32.7 Å². The van der Waals surface area contributed by atoms with Crippen molar-refractivity contribution in [2.24, 2.45) is 0 Å². The summed E-state index contributed by atoms with van der Waals surface area (Å²) in [4.78, 5) is 39.7. The van der Waals surface area contributed by atoms with Crippen LogP contribution in [-0.4, -0.2) is 57.3 Å². The van der Waals surface area contributed by atoms with Gasteiger partial charge in [-0.3, -0.25) is 14.6 Å². The third-order valence-corrected chi connectivity index (χ3v) is 6.42. The molecule has 0 spiro atoms. The zero-order valence-electron chi connectivity index (χ0n) is 17.8. The van der Waals surface area contributed by atoms with Crippen molar-refractivity contribution in [1.82, 2.24) is 19.8 Å². The van der Waals surface area contributed by atoms with Gasteiger partial charge in [0.2, 0.25) is 5.91 Å². The summed E-state index contributed by atoms with van der Waals surface area (Å²) in [7, 11) is 0. The predicted octanol–water partition coefficient (Wildman–Crippen LogP) is 3.82. The first kappa shape index (κ1) is 21.2. The summed E-state index contributed by atoms with van der Waals surface area (Å²) < 4.78 is 0. The van der Waals surface area contributed by atoms with E-state index in [4.69, 9.17) is 0 Å². The highest BCUT2D eigenvalue weighted by Crippen LogP contribution is 2.27. The van der Waals surface area contributed by atoms with Crippen molar-refractivity contribution in [2.75, 3.05) is 19.6 Å². The van der Waals surface area contributed by atoms with Gasteiger partial charge in [-0.2, -0.15) is 0 Å². The SMILES string of the molecule is CCCN1CCN(C(=O)c2cnc(C)cn2)[C@@H](Cc2cccc(-c3cccs3)c2)C1=O. The van der Waals surface area contributed by atoms with Crippen LogP contribution in [0.1, 0.15) is 35.1 Å². The number of carbonyl (C=O) groups is 2. The molecule has 160 valence electrons. The lowest BCUT2D eigenvalue weighted by molar-refractivity contribution is -0.140. The number of thiophene rings is 1. The van der Waals surface area contributed by atoms with Crippen molar-refractivity contribution in [3.05, 3.63) is 71.1 Å². The zero-order chi connectivity index (χ0) is 21.8. The van der Waals surface area contributed by atoms with Crippen LogP contribution < -0.4 is 0 Å². The van der Waals surface area contributed by atoms with E-state index in [1.807, 2.05) is 30.0 Å². The van der Waals surface area contributed by atoms with Crippen molar-refractivity contribution < 1.29 is 9.59 Å². The second kappa shape index (κ2) is 9.39. The molecule has 0 bridgehead atoms. The van der Waals surface area contributed by atoms with Crippen LogP contribution in [0.25, 0.3) is 10.4 Å². The van der Waals surface area contributed by atoms with E-state index in [2.05, 4.69) is 40.5 Å². The molecule has 1 aliphatic heterocycles. The Bertz CT molecular complexity index is 1050. The minimum Gasteiger partial charge on any atom is -0.339 e. The van der Waals surface area contributed by atoms with Gasteiger partial charge in [0.05, 0.1) is 11.9 Å². The van der Waals surface area contributed by atoms with Crippen LogP contribution in [0, 0.1) is 6.92 Å². The number of hydrogen-bond acceptors (Lipinski definition) is 5. The molecule has 0 N–H and O–H groups in total. The standard InChI is InChI=1S/C24H26N4O2S/c1-3-9-27-10-11-28(23(29)20-16-25-17(2)15-26-20)21(24(27)30)14-18-6-4-7-19(13-18)22-8-5-12-31-22/h4-8,12-13,15-16,21H,3,9-11,14H2,1-2H3/t21-/m0/s1. The fourth-order valence-corrected chi connectivity index (χ4v) is 4.66. The van der Waals surface area contributed by atoms with E-state index in [1.165, 1.54) is 11.1 Å². The quantitative estimate of drug-likeness (QED) is 0.592. The van der Waals surface area contributed by atoms with Gasteiger partial charge >= 0.3 is 0 Å². The first-order chi connectivity index (χ1) is 15.1. The molecular weight excluding hydrogens is 408 g/mol. The molecule has 1 aromatic carbocycles. The van der Waals surface area contributed by atoms with E-state index < -0.39 is 6.04 Å². The third-order valence-electron chi connectivity index (χ3n) is 5.50. The summed E-state index contributed by atoms with van der Waals surface area (Å²) in [5.74, 6) is -0.237. The maximum absolute atomic E-state index is 13.3. The normalized spacial score (nSPS) is 16.6. The highest BCUT2D eigenvalue weighted by atomic mass is 32.1.